The van der Waals surface area contributed by atoms with Gasteiger partial charge in [0, 0.05) is 63.9 Å². The summed E-state index contributed by atoms with van der Waals surface area (Å²) >= 11 is 0. The summed E-state index contributed by atoms with van der Waals surface area (Å²) in [6.45, 7) is 12.5. The summed E-state index contributed by atoms with van der Waals surface area (Å²) in [6, 6.07) is 8.05. The number of hydrogen-bond acceptors (Lipinski definition) is 4. The van der Waals surface area contributed by atoms with Crippen LogP contribution in [0, 0.1) is 5.92 Å². The van der Waals surface area contributed by atoms with Crippen molar-refractivity contribution >= 4 is 11.4 Å². The molecule has 4 heteroatoms. The fourth-order valence-corrected chi connectivity index (χ4v) is 6.14. The van der Waals surface area contributed by atoms with E-state index in [4.69, 9.17) is 4.74 Å². The lowest BCUT2D eigenvalue weighted by Crippen LogP contribution is -2.47. The van der Waals surface area contributed by atoms with Gasteiger partial charge in [0.25, 0.3) is 0 Å². The van der Waals surface area contributed by atoms with Crippen molar-refractivity contribution in [3.63, 3.8) is 0 Å². The van der Waals surface area contributed by atoms with Crippen molar-refractivity contribution < 1.29 is 4.74 Å². The number of ether oxygens (including phenoxy) is 1. The Balaban J connectivity index is 1.52. The van der Waals surface area contributed by atoms with Gasteiger partial charge < -0.3 is 14.5 Å². The van der Waals surface area contributed by atoms with Gasteiger partial charge in [0.05, 0.1) is 0 Å². The van der Waals surface area contributed by atoms with Gasteiger partial charge in [-0.2, -0.15) is 0 Å². The number of unbranched alkanes of at least 4 members (excludes halogenated alkanes) is 1. The Hall–Kier alpha value is -1.26. The first-order valence-electron chi connectivity index (χ1n) is 13.6. The molecule has 0 bridgehead atoms. The van der Waals surface area contributed by atoms with Gasteiger partial charge in [0.2, 0.25) is 0 Å². The van der Waals surface area contributed by atoms with Gasteiger partial charge in [0.1, 0.15) is 0 Å². The molecule has 0 radical (unpaired) electrons. The first kappa shape index (κ1) is 23.9. The molecule has 4 rings (SSSR count). The van der Waals surface area contributed by atoms with Crippen LogP contribution in [0.1, 0.15) is 83.1 Å². The maximum Gasteiger partial charge on any atom is 0.0485 e. The van der Waals surface area contributed by atoms with E-state index >= 15 is 0 Å². The second kappa shape index (κ2) is 11.7. The van der Waals surface area contributed by atoms with E-state index in [1.165, 1.54) is 89.0 Å². The molecule has 32 heavy (non-hydrogen) atoms. The van der Waals surface area contributed by atoms with Crippen molar-refractivity contribution in [3.05, 3.63) is 23.8 Å². The molecule has 1 aromatic carbocycles. The van der Waals surface area contributed by atoms with Gasteiger partial charge in [0.15, 0.2) is 0 Å². The van der Waals surface area contributed by atoms with Crippen molar-refractivity contribution in [1.82, 2.24) is 4.90 Å². The second-order valence-electron chi connectivity index (χ2n) is 10.5. The largest absolute Gasteiger partial charge is 0.381 e. The Morgan fingerprint density at radius 2 is 1.66 bits per heavy atom. The van der Waals surface area contributed by atoms with Crippen LogP contribution in [0.25, 0.3) is 0 Å². The van der Waals surface area contributed by atoms with Crippen LogP contribution in [0.2, 0.25) is 0 Å². The molecule has 1 aromatic rings. The van der Waals surface area contributed by atoms with Crippen LogP contribution in [-0.2, 0) is 4.74 Å². The monoisotopic (exact) mass is 441 g/mol. The van der Waals surface area contributed by atoms with E-state index in [0.29, 0.717) is 6.04 Å². The lowest BCUT2D eigenvalue weighted by atomic mass is 9.77. The van der Waals surface area contributed by atoms with Crippen LogP contribution in [0.4, 0.5) is 11.4 Å². The highest BCUT2D eigenvalue weighted by Gasteiger charge is 2.28. The minimum atomic E-state index is 0.611. The number of nitrogens with zero attached hydrogens (tertiary/aromatic N) is 3. The zero-order valence-electron chi connectivity index (χ0n) is 21.0. The van der Waals surface area contributed by atoms with E-state index in [2.05, 4.69) is 53.8 Å². The van der Waals surface area contributed by atoms with Gasteiger partial charge in [-0.1, -0.05) is 26.7 Å². The molecule has 0 amide bonds. The lowest BCUT2D eigenvalue weighted by molar-refractivity contribution is 0.0855. The third kappa shape index (κ3) is 5.80. The predicted molar refractivity (Wildman–Crippen MR) is 137 cm³/mol. The van der Waals surface area contributed by atoms with Crippen molar-refractivity contribution in [2.45, 2.75) is 83.6 Å². The maximum absolute atomic E-state index is 5.62. The third-order valence-corrected chi connectivity index (χ3v) is 8.56. The smallest absolute Gasteiger partial charge is 0.0485 e. The van der Waals surface area contributed by atoms with Gasteiger partial charge in [-0.05, 0) is 87.1 Å². The number of rotatable bonds is 8. The van der Waals surface area contributed by atoms with E-state index in [9.17, 15) is 0 Å². The average molecular weight is 442 g/mol. The standard InChI is InChI=1S/C28H47N3O/c1-4-6-15-30-16-18-31(19-17-30)28-12-11-26(29(3)25-13-20-32-21-14-25)22-27(28)24-9-7-23(5-2)8-10-24/h11-12,22-25H,4-10,13-21H2,1-3H3. The molecule has 0 aromatic heterocycles. The molecule has 4 nitrogen and oxygen atoms in total. The van der Waals surface area contributed by atoms with Crippen LogP contribution in [0.3, 0.4) is 0 Å². The summed E-state index contributed by atoms with van der Waals surface area (Å²) in [5.74, 6) is 1.68. The normalized spacial score (nSPS) is 25.8. The Kier molecular flexibility index (Phi) is 8.76. The van der Waals surface area contributed by atoms with Crippen molar-refractivity contribution in [1.29, 1.82) is 0 Å². The highest BCUT2D eigenvalue weighted by Crippen LogP contribution is 2.42. The van der Waals surface area contributed by atoms with Gasteiger partial charge in [-0.15, -0.1) is 0 Å². The minimum Gasteiger partial charge on any atom is -0.381 e. The summed E-state index contributed by atoms with van der Waals surface area (Å²) in [7, 11) is 2.30. The number of anilines is 2. The highest BCUT2D eigenvalue weighted by molar-refractivity contribution is 5.63. The molecule has 1 saturated carbocycles. The zero-order chi connectivity index (χ0) is 22.3. The summed E-state index contributed by atoms with van der Waals surface area (Å²) in [5, 5.41) is 0. The molecule has 3 fully saturated rings. The predicted octanol–water partition coefficient (Wildman–Crippen LogP) is 5.91. The second-order valence-corrected chi connectivity index (χ2v) is 10.5. The summed E-state index contributed by atoms with van der Waals surface area (Å²) in [6.07, 6.45) is 11.8. The molecule has 0 N–H and O–H groups in total. The quantitative estimate of drug-likeness (QED) is 0.499. The Morgan fingerprint density at radius 1 is 0.938 bits per heavy atom. The fourth-order valence-electron chi connectivity index (χ4n) is 6.14. The topological polar surface area (TPSA) is 19.0 Å². The van der Waals surface area contributed by atoms with Crippen LogP contribution in [-0.4, -0.2) is 63.9 Å². The molecular formula is C28H47N3O. The first-order valence-corrected chi connectivity index (χ1v) is 13.6. The SMILES string of the molecule is CCCCN1CCN(c2ccc(N(C)C3CCOCC3)cc2C2CCC(CC)CC2)CC1. The fraction of sp³-hybridized carbons (Fsp3) is 0.786. The van der Waals surface area contributed by atoms with Gasteiger partial charge >= 0.3 is 0 Å². The van der Waals surface area contributed by atoms with E-state index in [-0.39, 0.29) is 0 Å². The average Bonchev–Trinajstić information content (AvgIpc) is 2.87. The first-order chi connectivity index (χ1) is 15.7. The molecule has 0 atom stereocenters. The number of hydrogen-bond donors (Lipinski definition) is 0. The summed E-state index contributed by atoms with van der Waals surface area (Å²) in [5.41, 5.74) is 4.58. The molecule has 0 unspecified atom stereocenters. The van der Waals surface area contributed by atoms with Gasteiger partial charge in [-0.3, -0.25) is 4.90 Å². The van der Waals surface area contributed by atoms with Crippen molar-refractivity contribution in [2.24, 2.45) is 5.92 Å². The Labute approximate surface area is 197 Å². The number of benzene rings is 1. The highest BCUT2D eigenvalue weighted by atomic mass is 16.5. The maximum atomic E-state index is 5.62. The van der Waals surface area contributed by atoms with Crippen LogP contribution < -0.4 is 9.80 Å². The van der Waals surface area contributed by atoms with Gasteiger partial charge in [-0.25, -0.2) is 0 Å². The minimum absolute atomic E-state index is 0.611. The molecule has 2 saturated heterocycles. The molecular weight excluding hydrogens is 394 g/mol. The molecule has 1 aliphatic carbocycles. The molecule has 3 aliphatic rings. The Morgan fingerprint density at radius 3 is 2.31 bits per heavy atom. The van der Waals surface area contributed by atoms with Crippen LogP contribution >= 0.6 is 0 Å². The van der Waals surface area contributed by atoms with E-state index in [1.54, 1.807) is 5.56 Å². The molecule has 180 valence electrons. The molecule has 2 heterocycles. The van der Waals surface area contributed by atoms with E-state index in [1.807, 2.05) is 0 Å². The number of piperazine rings is 1. The van der Waals surface area contributed by atoms with Crippen molar-refractivity contribution in [2.75, 3.05) is 62.8 Å². The lowest BCUT2D eigenvalue weighted by Gasteiger charge is -2.39. The Bertz CT molecular complexity index is 686. The zero-order valence-corrected chi connectivity index (χ0v) is 21.0. The van der Waals surface area contributed by atoms with Crippen LogP contribution in [0.15, 0.2) is 18.2 Å². The molecule has 2 aliphatic heterocycles. The molecule has 0 spiro atoms. The van der Waals surface area contributed by atoms with E-state index in [0.717, 1.165) is 37.9 Å². The van der Waals surface area contributed by atoms with Crippen LogP contribution in [0.5, 0.6) is 0 Å². The van der Waals surface area contributed by atoms with Crippen molar-refractivity contribution in [3.8, 4) is 0 Å². The summed E-state index contributed by atoms with van der Waals surface area (Å²) in [4.78, 5) is 7.90. The third-order valence-electron chi connectivity index (χ3n) is 8.56. The van der Waals surface area contributed by atoms with E-state index < -0.39 is 0 Å². The summed E-state index contributed by atoms with van der Waals surface area (Å²) < 4.78 is 5.62.